The molecule has 1 heterocycles. The third-order valence-corrected chi connectivity index (χ3v) is 5.95. The lowest BCUT2D eigenvalue weighted by Gasteiger charge is -2.15. The summed E-state index contributed by atoms with van der Waals surface area (Å²) in [6.07, 6.45) is 0. The number of aromatic nitrogens is 2. The molecule has 0 N–H and O–H groups in total. The number of benzene rings is 4. The lowest BCUT2D eigenvalue weighted by molar-refractivity contribution is 0.832. The minimum absolute atomic E-state index is 0.733. The Hall–Kier alpha value is -3.17. The molecule has 0 fully saturated rings. The van der Waals surface area contributed by atoms with Crippen LogP contribution in [0.3, 0.4) is 0 Å². The molecule has 0 saturated carbocycles. The highest BCUT2D eigenvalue weighted by Gasteiger charge is 2.16. The van der Waals surface area contributed by atoms with E-state index < -0.39 is 0 Å². The van der Waals surface area contributed by atoms with E-state index >= 15 is 0 Å². The second-order valence-corrected chi connectivity index (χ2v) is 7.86. The zero-order chi connectivity index (χ0) is 19.6. The van der Waals surface area contributed by atoms with Crippen molar-refractivity contribution in [3.05, 3.63) is 113 Å². The van der Waals surface area contributed by atoms with Gasteiger partial charge in [0.1, 0.15) is 5.82 Å². The van der Waals surface area contributed by atoms with Gasteiger partial charge in [-0.3, -0.25) is 0 Å². The number of fused-ring (bicyclic) bond motifs is 1. The van der Waals surface area contributed by atoms with Crippen molar-refractivity contribution in [1.29, 1.82) is 0 Å². The number of halogens is 1. The summed E-state index contributed by atoms with van der Waals surface area (Å²) < 4.78 is 3.42. The molecule has 29 heavy (non-hydrogen) atoms. The van der Waals surface area contributed by atoms with Crippen LogP contribution in [0.25, 0.3) is 33.5 Å². The van der Waals surface area contributed by atoms with Crippen molar-refractivity contribution in [2.24, 2.45) is 0 Å². The minimum atomic E-state index is 0.733. The zero-order valence-corrected chi connectivity index (χ0v) is 17.4. The highest BCUT2D eigenvalue weighted by atomic mass is 79.9. The fraction of sp³-hybridized carbons (Fsp3) is 0.0385. The van der Waals surface area contributed by atoms with Gasteiger partial charge in [0.05, 0.1) is 17.6 Å². The predicted octanol–water partition coefficient (Wildman–Crippen LogP) is 7.18. The Morgan fingerprint density at radius 1 is 0.655 bits per heavy atom. The van der Waals surface area contributed by atoms with Gasteiger partial charge in [-0.15, -0.1) is 0 Å². The average molecular weight is 439 g/mol. The van der Waals surface area contributed by atoms with Crippen LogP contribution in [0.5, 0.6) is 0 Å². The summed E-state index contributed by atoms with van der Waals surface area (Å²) in [5, 5.41) is 0. The van der Waals surface area contributed by atoms with Gasteiger partial charge in [-0.05, 0) is 34.9 Å². The largest absolute Gasteiger partial charge is 0.319 e. The van der Waals surface area contributed by atoms with Gasteiger partial charge in [-0.25, -0.2) is 4.98 Å². The van der Waals surface area contributed by atoms with Gasteiger partial charge in [-0.1, -0.05) is 101 Å². The topological polar surface area (TPSA) is 17.8 Å². The van der Waals surface area contributed by atoms with Crippen LogP contribution in [0, 0.1) is 0 Å². The molecular formula is C26H19BrN2. The Balaban J connectivity index is 1.71. The smallest absolute Gasteiger partial charge is 0.141 e. The van der Waals surface area contributed by atoms with E-state index in [0.29, 0.717) is 0 Å². The monoisotopic (exact) mass is 438 g/mol. The molecule has 0 amide bonds. The molecule has 2 nitrogen and oxygen atoms in total. The number of nitrogens with zero attached hydrogens (tertiary/aromatic N) is 2. The van der Waals surface area contributed by atoms with Gasteiger partial charge >= 0.3 is 0 Å². The molecule has 4 aromatic carbocycles. The van der Waals surface area contributed by atoms with Gasteiger partial charge in [0, 0.05) is 10.0 Å². The van der Waals surface area contributed by atoms with E-state index in [1.807, 2.05) is 12.1 Å². The molecule has 1 aromatic heterocycles. The number of para-hydroxylation sites is 2. The first-order valence-electron chi connectivity index (χ1n) is 9.65. The molecule has 0 aliphatic heterocycles. The molecule has 0 aliphatic rings. The molecule has 0 aliphatic carbocycles. The standard InChI is InChI=1S/C26H19BrN2/c27-23-15-9-14-21(19-10-3-1-4-11-19)22(23)18-29-25-17-8-7-16-24(25)28-26(29)20-12-5-2-6-13-20/h1-17H,18H2. The Morgan fingerprint density at radius 2 is 1.31 bits per heavy atom. The van der Waals surface area contributed by atoms with Crippen molar-refractivity contribution in [3.63, 3.8) is 0 Å². The molecule has 5 rings (SSSR count). The summed E-state index contributed by atoms with van der Waals surface area (Å²) in [7, 11) is 0. The first kappa shape index (κ1) is 17.9. The molecule has 0 saturated heterocycles. The van der Waals surface area contributed by atoms with Crippen molar-refractivity contribution in [3.8, 4) is 22.5 Å². The van der Waals surface area contributed by atoms with E-state index in [4.69, 9.17) is 4.98 Å². The molecular weight excluding hydrogens is 420 g/mol. The fourth-order valence-electron chi connectivity index (χ4n) is 3.81. The van der Waals surface area contributed by atoms with Crippen molar-refractivity contribution < 1.29 is 0 Å². The number of hydrogen-bond acceptors (Lipinski definition) is 1. The van der Waals surface area contributed by atoms with Gasteiger partial charge in [-0.2, -0.15) is 0 Å². The highest BCUT2D eigenvalue weighted by Crippen LogP contribution is 2.33. The summed E-state index contributed by atoms with van der Waals surface area (Å²) in [5.41, 5.74) is 6.98. The first-order valence-corrected chi connectivity index (χ1v) is 10.4. The Morgan fingerprint density at radius 3 is 2.07 bits per heavy atom. The van der Waals surface area contributed by atoms with Crippen LogP contribution in [0.1, 0.15) is 5.56 Å². The summed E-state index contributed by atoms with van der Waals surface area (Å²) in [5.74, 6) is 0.988. The van der Waals surface area contributed by atoms with E-state index in [1.165, 1.54) is 16.7 Å². The lowest BCUT2D eigenvalue weighted by Crippen LogP contribution is -2.04. The molecule has 0 unspecified atom stereocenters. The van der Waals surface area contributed by atoms with Gasteiger partial charge in [0.2, 0.25) is 0 Å². The number of rotatable bonds is 4. The first-order chi connectivity index (χ1) is 14.3. The summed E-state index contributed by atoms with van der Waals surface area (Å²) >= 11 is 3.80. The van der Waals surface area contributed by atoms with E-state index in [0.717, 1.165) is 33.4 Å². The van der Waals surface area contributed by atoms with E-state index in [1.54, 1.807) is 0 Å². The third-order valence-electron chi connectivity index (χ3n) is 5.21. The fourth-order valence-corrected chi connectivity index (χ4v) is 4.30. The maximum Gasteiger partial charge on any atom is 0.141 e. The van der Waals surface area contributed by atoms with Gasteiger partial charge < -0.3 is 4.57 Å². The number of imidazole rings is 1. The van der Waals surface area contributed by atoms with Gasteiger partial charge in [0.15, 0.2) is 0 Å². The van der Waals surface area contributed by atoms with Crippen LogP contribution in [0.4, 0.5) is 0 Å². The summed E-state index contributed by atoms with van der Waals surface area (Å²) in [6, 6.07) is 35.7. The van der Waals surface area contributed by atoms with Crippen molar-refractivity contribution in [2.75, 3.05) is 0 Å². The van der Waals surface area contributed by atoms with Crippen LogP contribution in [-0.4, -0.2) is 9.55 Å². The number of hydrogen-bond donors (Lipinski definition) is 0. The Labute approximate surface area is 178 Å². The second-order valence-electron chi connectivity index (χ2n) is 7.01. The van der Waals surface area contributed by atoms with Crippen LogP contribution in [0.15, 0.2) is 108 Å². The molecule has 0 bridgehead atoms. The van der Waals surface area contributed by atoms with Crippen molar-refractivity contribution in [2.45, 2.75) is 6.54 Å². The van der Waals surface area contributed by atoms with Crippen molar-refractivity contribution in [1.82, 2.24) is 9.55 Å². The average Bonchev–Trinajstić information content (AvgIpc) is 3.15. The lowest BCUT2D eigenvalue weighted by atomic mass is 9.99. The molecule has 0 spiro atoms. The van der Waals surface area contributed by atoms with Crippen LogP contribution < -0.4 is 0 Å². The van der Waals surface area contributed by atoms with E-state index in [9.17, 15) is 0 Å². The molecule has 5 aromatic rings. The molecule has 0 atom stereocenters. The van der Waals surface area contributed by atoms with Crippen LogP contribution in [-0.2, 0) is 6.54 Å². The Bertz CT molecular complexity index is 1270. The summed E-state index contributed by atoms with van der Waals surface area (Å²) in [4.78, 5) is 4.96. The van der Waals surface area contributed by atoms with Gasteiger partial charge in [0.25, 0.3) is 0 Å². The normalized spacial score (nSPS) is 11.1. The zero-order valence-electron chi connectivity index (χ0n) is 15.8. The molecule has 140 valence electrons. The van der Waals surface area contributed by atoms with Crippen LogP contribution in [0.2, 0.25) is 0 Å². The molecule has 0 radical (unpaired) electrons. The Kier molecular flexibility index (Phi) is 4.74. The maximum atomic E-state index is 4.96. The SMILES string of the molecule is Brc1cccc(-c2ccccc2)c1Cn1c(-c2ccccc2)nc2ccccc21. The van der Waals surface area contributed by atoms with E-state index in [-0.39, 0.29) is 0 Å². The van der Waals surface area contributed by atoms with E-state index in [2.05, 4.69) is 111 Å². The van der Waals surface area contributed by atoms with Crippen LogP contribution >= 0.6 is 15.9 Å². The minimum Gasteiger partial charge on any atom is -0.319 e. The molecule has 3 heteroatoms. The quantitative estimate of drug-likeness (QED) is 0.290. The van der Waals surface area contributed by atoms with Crippen molar-refractivity contribution >= 4 is 27.0 Å². The predicted molar refractivity (Wildman–Crippen MR) is 124 cm³/mol. The maximum absolute atomic E-state index is 4.96. The summed E-state index contributed by atoms with van der Waals surface area (Å²) in [6.45, 7) is 0.733. The second kappa shape index (κ2) is 7.69. The third kappa shape index (κ3) is 3.39. The highest BCUT2D eigenvalue weighted by molar-refractivity contribution is 9.10.